The van der Waals surface area contributed by atoms with Crippen molar-refractivity contribution in [3.63, 3.8) is 0 Å². The Labute approximate surface area is 81.0 Å². The van der Waals surface area contributed by atoms with Crippen LogP contribution in [0.3, 0.4) is 0 Å². The minimum absolute atomic E-state index is 0.507. The summed E-state index contributed by atoms with van der Waals surface area (Å²) in [6.07, 6.45) is 2.95. The number of nitrogens with two attached hydrogens (primary N) is 1. The lowest BCUT2D eigenvalue weighted by molar-refractivity contribution is 0.527. The Morgan fingerprint density at radius 2 is 2.00 bits per heavy atom. The van der Waals surface area contributed by atoms with Crippen molar-refractivity contribution in [1.29, 1.82) is 0 Å². The number of hydrogen-bond donors (Lipinski definition) is 1. The van der Waals surface area contributed by atoms with E-state index in [-0.39, 0.29) is 0 Å². The molecule has 0 fully saturated rings. The summed E-state index contributed by atoms with van der Waals surface area (Å²) in [7, 11) is 0. The van der Waals surface area contributed by atoms with Crippen LogP contribution in [-0.4, -0.2) is 15.0 Å². The fourth-order valence-corrected chi connectivity index (χ4v) is 1.20. The normalized spacial score (nSPS) is 10.4. The second-order valence-electron chi connectivity index (χ2n) is 2.98. The van der Waals surface area contributed by atoms with E-state index in [1.807, 2.05) is 6.92 Å². The summed E-state index contributed by atoms with van der Waals surface area (Å²) >= 11 is 0. The average molecular weight is 190 g/mol. The number of rotatable bonds is 1. The van der Waals surface area contributed by atoms with E-state index >= 15 is 0 Å². The van der Waals surface area contributed by atoms with Gasteiger partial charge in [-0.3, -0.25) is 0 Å². The van der Waals surface area contributed by atoms with E-state index in [1.165, 1.54) is 6.39 Å². The maximum absolute atomic E-state index is 5.74. The number of nitrogens with zero attached hydrogens (tertiary/aromatic N) is 3. The molecule has 2 rings (SSSR count). The van der Waals surface area contributed by atoms with Crippen LogP contribution < -0.4 is 5.73 Å². The Morgan fingerprint density at radius 1 is 1.21 bits per heavy atom. The molecule has 2 heterocycles. The summed E-state index contributed by atoms with van der Waals surface area (Å²) < 4.78 is 5.09. The molecule has 0 saturated carbocycles. The second kappa shape index (κ2) is 3.10. The maximum Gasteiger partial charge on any atom is 0.181 e. The van der Waals surface area contributed by atoms with Gasteiger partial charge in [-0.05, 0) is 13.8 Å². The monoisotopic (exact) mass is 190 g/mol. The largest absolute Gasteiger partial charge is 0.448 e. The molecule has 0 saturated heterocycles. The number of nitrogen functional groups attached to an aromatic ring is 1. The van der Waals surface area contributed by atoms with Crippen LogP contribution in [0.5, 0.6) is 0 Å². The Hall–Kier alpha value is -1.91. The predicted octanol–water partition coefficient (Wildman–Crippen LogP) is 1.33. The highest BCUT2D eigenvalue weighted by Crippen LogP contribution is 2.24. The summed E-state index contributed by atoms with van der Waals surface area (Å²) in [5.41, 5.74) is 7.55. The molecular weight excluding hydrogens is 180 g/mol. The number of anilines is 1. The molecule has 0 spiro atoms. The zero-order valence-corrected chi connectivity index (χ0v) is 7.98. The van der Waals surface area contributed by atoms with Gasteiger partial charge in [0.2, 0.25) is 0 Å². The fraction of sp³-hybridized carbons (Fsp3) is 0.222. The van der Waals surface area contributed by atoms with Crippen molar-refractivity contribution in [3.8, 4) is 11.4 Å². The number of aryl methyl sites for hydroxylation is 2. The van der Waals surface area contributed by atoms with Crippen LogP contribution in [0, 0.1) is 13.8 Å². The molecule has 0 bridgehead atoms. The first-order chi connectivity index (χ1) is 6.68. The van der Waals surface area contributed by atoms with Gasteiger partial charge in [-0.15, -0.1) is 0 Å². The molecule has 0 atom stereocenters. The van der Waals surface area contributed by atoms with Crippen LogP contribution in [0.2, 0.25) is 0 Å². The van der Waals surface area contributed by atoms with Gasteiger partial charge in [0, 0.05) is 0 Å². The molecule has 0 aromatic carbocycles. The van der Waals surface area contributed by atoms with E-state index < -0.39 is 0 Å². The van der Waals surface area contributed by atoms with Gasteiger partial charge < -0.3 is 10.2 Å². The predicted molar refractivity (Wildman–Crippen MR) is 51.4 cm³/mol. The summed E-state index contributed by atoms with van der Waals surface area (Å²) in [6, 6.07) is 0. The van der Waals surface area contributed by atoms with E-state index in [1.54, 1.807) is 13.1 Å². The molecule has 2 aromatic rings. The van der Waals surface area contributed by atoms with Gasteiger partial charge in [0.1, 0.15) is 23.0 Å². The van der Waals surface area contributed by atoms with E-state index in [0.717, 1.165) is 0 Å². The van der Waals surface area contributed by atoms with Crippen LogP contribution in [0.1, 0.15) is 11.6 Å². The Bertz CT molecular complexity index is 464. The van der Waals surface area contributed by atoms with Gasteiger partial charge in [0.25, 0.3) is 0 Å². The van der Waals surface area contributed by atoms with Crippen molar-refractivity contribution in [2.75, 3.05) is 5.73 Å². The zero-order chi connectivity index (χ0) is 10.1. The van der Waals surface area contributed by atoms with Crippen molar-refractivity contribution in [3.05, 3.63) is 24.2 Å². The number of hydrogen-bond acceptors (Lipinski definition) is 5. The Morgan fingerprint density at radius 3 is 2.64 bits per heavy atom. The third-order valence-corrected chi connectivity index (χ3v) is 1.91. The first kappa shape index (κ1) is 8.68. The molecular formula is C9H10N4O. The minimum Gasteiger partial charge on any atom is -0.448 e. The van der Waals surface area contributed by atoms with Crippen LogP contribution >= 0.6 is 0 Å². The van der Waals surface area contributed by atoms with Crippen LogP contribution in [-0.2, 0) is 0 Å². The quantitative estimate of drug-likeness (QED) is 0.733. The van der Waals surface area contributed by atoms with Crippen LogP contribution in [0.15, 0.2) is 17.0 Å². The maximum atomic E-state index is 5.74. The molecule has 2 N–H and O–H groups in total. The summed E-state index contributed by atoms with van der Waals surface area (Å²) in [4.78, 5) is 12.3. The van der Waals surface area contributed by atoms with Crippen molar-refractivity contribution < 1.29 is 4.42 Å². The van der Waals surface area contributed by atoms with Crippen LogP contribution in [0.4, 0.5) is 5.69 Å². The smallest absolute Gasteiger partial charge is 0.181 e. The summed E-state index contributed by atoms with van der Waals surface area (Å²) in [5.74, 6) is 1.37. The van der Waals surface area contributed by atoms with Crippen molar-refractivity contribution >= 4 is 5.69 Å². The summed E-state index contributed by atoms with van der Waals surface area (Å²) in [5, 5.41) is 0. The van der Waals surface area contributed by atoms with E-state index in [2.05, 4.69) is 15.0 Å². The van der Waals surface area contributed by atoms with Crippen molar-refractivity contribution in [1.82, 2.24) is 15.0 Å². The fourth-order valence-electron chi connectivity index (χ4n) is 1.20. The highest BCUT2D eigenvalue weighted by atomic mass is 16.3. The zero-order valence-electron chi connectivity index (χ0n) is 7.98. The van der Waals surface area contributed by atoms with Crippen molar-refractivity contribution in [2.45, 2.75) is 13.8 Å². The molecule has 5 nitrogen and oxygen atoms in total. The van der Waals surface area contributed by atoms with Gasteiger partial charge in [-0.25, -0.2) is 15.0 Å². The minimum atomic E-state index is 0.507. The molecule has 0 radical (unpaired) electrons. The van der Waals surface area contributed by atoms with Gasteiger partial charge >= 0.3 is 0 Å². The van der Waals surface area contributed by atoms with E-state index in [9.17, 15) is 0 Å². The van der Waals surface area contributed by atoms with Gasteiger partial charge in [0.05, 0.1) is 11.9 Å². The Balaban J connectivity index is 2.62. The standard InChI is InChI=1S/C9H10N4O/c1-5-8(12-4-14-5)9-7(10)3-11-6(2)13-9/h3-4H,10H2,1-2H3. The molecule has 0 aliphatic heterocycles. The van der Waals surface area contributed by atoms with Gasteiger partial charge in [-0.1, -0.05) is 0 Å². The van der Waals surface area contributed by atoms with Gasteiger partial charge in [-0.2, -0.15) is 0 Å². The van der Waals surface area contributed by atoms with Gasteiger partial charge in [0.15, 0.2) is 6.39 Å². The number of oxazole rings is 1. The second-order valence-corrected chi connectivity index (χ2v) is 2.98. The van der Waals surface area contributed by atoms with E-state index in [0.29, 0.717) is 28.7 Å². The number of aromatic nitrogens is 3. The summed E-state index contributed by atoms with van der Waals surface area (Å²) in [6.45, 7) is 3.62. The van der Waals surface area contributed by atoms with Crippen LogP contribution in [0.25, 0.3) is 11.4 Å². The molecule has 0 aliphatic rings. The third kappa shape index (κ3) is 1.32. The first-order valence-electron chi connectivity index (χ1n) is 4.18. The van der Waals surface area contributed by atoms with E-state index in [4.69, 9.17) is 10.2 Å². The molecule has 0 aliphatic carbocycles. The topological polar surface area (TPSA) is 77.8 Å². The lowest BCUT2D eigenvalue weighted by Crippen LogP contribution is -1.98. The lowest BCUT2D eigenvalue weighted by atomic mass is 10.2. The molecule has 72 valence electrons. The highest BCUT2D eigenvalue weighted by Gasteiger charge is 2.11. The lowest BCUT2D eigenvalue weighted by Gasteiger charge is -2.01. The molecule has 2 aromatic heterocycles. The Kier molecular flexibility index (Phi) is 1.92. The first-order valence-corrected chi connectivity index (χ1v) is 4.18. The average Bonchev–Trinajstić information content (AvgIpc) is 2.56. The molecule has 0 unspecified atom stereocenters. The third-order valence-electron chi connectivity index (χ3n) is 1.91. The molecule has 5 heteroatoms. The highest BCUT2D eigenvalue weighted by molar-refractivity contribution is 5.69. The molecule has 0 amide bonds. The van der Waals surface area contributed by atoms with Crippen molar-refractivity contribution in [2.24, 2.45) is 0 Å². The molecule has 14 heavy (non-hydrogen) atoms. The SMILES string of the molecule is Cc1ncc(N)c(-c2ncoc2C)n1.